The second-order valence-electron chi connectivity index (χ2n) is 9.91. The van der Waals surface area contributed by atoms with Crippen LogP contribution in [0.4, 0.5) is 5.69 Å². The van der Waals surface area contributed by atoms with Gasteiger partial charge < -0.3 is 29.2 Å². The summed E-state index contributed by atoms with van der Waals surface area (Å²) in [5, 5.41) is 1.05. The van der Waals surface area contributed by atoms with Crippen molar-refractivity contribution >= 4 is 22.6 Å². The zero-order valence-electron chi connectivity index (χ0n) is 22.5. The summed E-state index contributed by atoms with van der Waals surface area (Å²) in [6.45, 7) is 4.43. The van der Waals surface area contributed by atoms with E-state index in [0.29, 0.717) is 13.0 Å². The van der Waals surface area contributed by atoms with E-state index in [1.165, 1.54) is 0 Å². The molecule has 4 aromatic rings. The summed E-state index contributed by atoms with van der Waals surface area (Å²) >= 11 is 0. The number of rotatable bonds is 8. The predicted octanol–water partition coefficient (Wildman–Crippen LogP) is 4.51. The van der Waals surface area contributed by atoms with E-state index in [1.807, 2.05) is 36.7 Å². The number of ether oxygens (including phenoxy) is 2. The van der Waals surface area contributed by atoms with Gasteiger partial charge in [0.1, 0.15) is 17.1 Å². The van der Waals surface area contributed by atoms with Crippen molar-refractivity contribution in [3.05, 3.63) is 60.9 Å². The third kappa shape index (κ3) is 5.45. The van der Waals surface area contributed by atoms with E-state index in [0.717, 1.165) is 76.7 Å². The van der Waals surface area contributed by atoms with Crippen LogP contribution in [-0.2, 0) is 4.79 Å². The molecule has 0 spiro atoms. The highest BCUT2D eigenvalue weighted by Crippen LogP contribution is 2.36. The molecule has 3 heterocycles. The molecule has 2 aromatic heterocycles. The minimum atomic E-state index is 0.0512. The van der Waals surface area contributed by atoms with Crippen molar-refractivity contribution in [2.45, 2.75) is 6.42 Å². The molecule has 1 aliphatic rings. The maximum absolute atomic E-state index is 11.8. The third-order valence-electron chi connectivity index (χ3n) is 7.14. The van der Waals surface area contributed by atoms with Gasteiger partial charge in [0.15, 0.2) is 0 Å². The van der Waals surface area contributed by atoms with Crippen molar-refractivity contribution in [2.75, 3.05) is 65.9 Å². The number of hydrogen-bond donors (Lipinski definition) is 1. The molecule has 2 aromatic carbocycles. The van der Waals surface area contributed by atoms with E-state index in [9.17, 15) is 4.79 Å². The van der Waals surface area contributed by atoms with E-state index in [-0.39, 0.29) is 5.91 Å². The highest BCUT2D eigenvalue weighted by Gasteiger charge is 2.18. The Bertz CT molecular complexity index is 1410. The van der Waals surface area contributed by atoms with Gasteiger partial charge in [0.25, 0.3) is 0 Å². The predicted molar refractivity (Wildman–Crippen MR) is 152 cm³/mol. The molecule has 8 nitrogen and oxygen atoms in total. The number of piperazine rings is 1. The Labute approximate surface area is 223 Å². The number of hydrogen-bond acceptors (Lipinski definition) is 6. The number of H-pyrrole nitrogens is 1. The van der Waals surface area contributed by atoms with Crippen molar-refractivity contribution in [3.63, 3.8) is 0 Å². The van der Waals surface area contributed by atoms with Crippen molar-refractivity contribution in [1.29, 1.82) is 0 Å². The zero-order chi connectivity index (χ0) is 26.6. The largest absolute Gasteiger partial charge is 0.495 e. The Morgan fingerprint density at radius 3 is 2.45 bits per heavy atom. The number of carbonyl (C=O) groups is 1. The van der Waals surface area contributed by atoms with Gasteiger partial charge in [-0.15, -0.1) is 0 Å². The molecule has 1 amide bonds. The van der Waals surface area contributed by atoms with Gasteiger partial charge in [-0.2, -0.15) is 0 Å². The zero-order valence-corrected chi connectivity index (χ0v) is 22.5. The molecule has 38 heavy (non-hydrogen) atoms. The first kappa shape index (κ1) is 25.6. The highest BCUT2D eigenvalue weighted by atomic mass is 16.5. The molecule has 1 aliphatic heterocycles. The lowest BCUT2D eigenvalue weighted by molar-refractivity contribution is -0.129. The number of carbonyl (C=O) groups excluding carboxylic acids is 1. The fourth-order valence-corrected chi connectivity index (χ4v) is 4.78. The number of pyridine rings is 1. The molecule has 5 rings (SSSR count). The second kappa shape index (κ2) is 11.1. The molecular formula is C30H35N5O3. The number of aromatic nitrogens is 2. The van der Waals surface area contributed by atoms with Crippen LogP contribution >= 0.6 is 0 Å². The van der Waals surface area contributed by atoms with Crippen molar-refractivity contribution in [2.24, 2.45) is 0 Å². The first-order valence-electron chi connectivity index (χ1n) is 13.0. The number of fused-ring (bicyclic) bond motifs is 1. The van der Waals surface area contributed by atoms with Gasteiger partial charge in [0.2, 0.25) is 5.91 Å². The fourth-order valence-electron chi connectivity index (χ4n) is 4.78. The Balaban J connectivity index is 1.36. The molecule has 1 saturated heterocycles. The van der Waals surface area contributed by atoms with Crippen LogP contribution in [0.2, 0.25) is 0 Å². The van der Waals surface area contributed by atoms with Crippen LogP contribution in [0.1, 0.15) is 6.42 Å². The summed E-state index contributed by atoms with van der Waals surface area (Å²) in [7, 11) is 7.39. The summed E-state index contributed by atoms with van der Waals surface area (Å²) in [5.74, 6) is 1.67. The molecule has 0 saturated carbocycles. The van der Waals surface area contributed by atoms with Crippen molar-refractivity contribution < 1.29 is 14.3 Å². The van der Waals surface area contributed by atoms with Gasteiger partial charge in [-0.05, 0) is 48.5 Å². The summed E-state index contributed by atoms with van der Waals surface area (Å²) in [5.41, 5.74) is 6.21. The minimum absolute atomic E-state index is 0.0512. The van der Waals surface area contributed by atoms with Crippen LogP contribution in [0, 0.1) is 0 Å². The summed E-state index contributed by atoms with van der Waals surface area (Å²) in [6, 6.07) is 16.5. The fraction of sp³-hybridized carbons (Fsp3) is 0.333. The quantitative estimate of drug-likeness (QED) is 0.374. The number of nitrogens with one attached hydrogen (secondary N) is 1. The number of methoxy groups -OCH3 is 1. The topological polar surface area (TPSA) is 73.9 Å². The molecule has 0 aliphatic carbocycles. The van der Waals surface area contributed by atoms with Crippen LogP contribution in [-0.4, -0.2) is 86.7 Å². The monoisotopic (exact) mass is 513 g/mol. The van der Waals surface area contributed by atoms with Crippen LogP contribution in [0.3, 0.4) is 0 Å². The van der Waals surface area contributed by atoms with Crippen molar-refractivity contribution in [3.8, 4) is 33.8 Å². The first-order valence-corrected chi connectivity index (χ1v) is 13.0. The molecule has 1 fully saturated rings. The highest BCUT2D eigenvalue weighted by molar-refractivity contribution is 5.96. The molecule has 0 unspecified atom stereocenters. The van der Waals surface area contributed by atoms with E-state index >= 15 is 0 Å². The standard InChI is InChI=1S/C30H35N5O3/c1-33(2)29(36)11-16-38-24-8-5-21(6-9-24)26-20-32-30-25(26)17-23(19-31-30)22-7-10-27(28(18-22)37-4)35-14-12-34(3)13-15-35/h5-10,17-20H,11-16H2,1-4H3,(H,31,32). The van der Waals surface area contributed by atoms with Gasteiger partial charge >= 0.3 is 0 Å². The Hall–Kier alpha value is -4.04. The smallest absolute Gasteiger partial charge is 0.225 e. The van der Waals surface area contributed by atoms with Crippen molar-refractivity contribution in [1.82, 2.24) is 19.8 Å². The van der Waals surface area contributed by atoms with E-state index in [2.05, 4.69) is 46.1 Å². The van der Waals surface area contributed by atoms with E-state index in [4.69, 9.17) is 14.5 Å². The molecule has 0 atom stereocenters. The maximum Gasteiger partial charge on any atom is 0.225 e. The van der Waals surface area contributed by atoms with Crippen LogP contribution in [0.5, 0.6) is 11.5 Å². The summed E-state index contributed by atoms with van der Waals surface area (Å²) < 4.78 is 11.6. The van der Waals surface area contributed by atoms with Gasteiger partial charge in [-0.3, -0.25) is 4.79 Å². The van der Waals surface area contributed by atoms with Crippen LogP contribution < -0.4 is 14.4 Å². The number of benzene rings is 2. The lowest BCUT2D eigenvalue weighted by Crippen LogP contribution is -2.44. The molecule has 0 bridgehead atoms. The molecule has 198 valence electrons. The average Bonchev–Trinajstić information content (AvgIpc) is 3.37. The SMILES string of the molecule is COc1cc(-c2cnc3[nH]cc(-c4ccc(OCCC(=O)N(C)C)cc4)c3c2)ccc1N1CCN(C)CC1. The Morgan fingerprint density at radius 2 is 1.74 bits per heavy atom. The molecule has 8 heteroatoms. The first-order chi connectivity index (χ1) is 18.4. The molecular weight excluding hydrogens is 478 g/mol. The number of aromatic amines is 1. The third-order valence-corrected chi connectivity index (χ3v) is 7.14. The summed E-state index contributed by atoms with van der Waals surface area (Å²) in [4.78, 5) is 26.1. The van der Waals surface area contributed by atoms with Crippen LogP contribution in [0.15, 0.2) is 60.9 Å². The molecule has 1 N–H and O–H groups in total. The Morgan fingerprint density at radius 1 is 1.00 bits per heavy atom. The van der Waals surface area contributed by atoms with Gasteiger partial charge in [-0.1, -0.05) is 18.2 Å². The second-order valence-corrected chi connectivity index (χ2v) is 9.91. The normalized spacial score (nSPS) is 14.1. The minimum Gasteiger partial charge on any atom is -0.495 e. The lowest BCUT2D eigenvalue weighted by atomic mass is 10.0. The lowest BCUT2D eigenvalue weighted by Gasteiger charge is -2.34. The number of amides is 1. The van der Waals surface area contributed by atoms with Gasteiger partial charge in [0.05, 0.1) is 25.8 Å². The van der Waals surface area contributed by atoms with Gasteiger partial charge in [-0.25, -0.2) is 4.98 Å². The van der Waals surface area contributed by atoms with Crippen LogP contribution in [0.25, 0.3) is 33.3 Å². The number of likely N-dealkylation sites (N-methyl/N-ethyl adjacent to an activating group) is 1. The summed E-state index contributed by atoms with van der Waals surface area (Å²) in [6.07, 6.45) is 4.25. The Kier molecular flexibility index (Phi) is 7.51. The number of anilines is 1. The maximum atomic E-state index is 11.8. The number of nitrogens with zero attached hydrogens (tertiary/aromatic N) is 4. The van der Waals surface area contributed by atoms with Gasteiger partial charge in [0, 0.05) is 69.2 Å². The van der Waals surface area contributed by atoms with E-state index < -0.39 is 0 Å². The van der Waals surface area contributed by atoms with E-state index in [1.54, 1.807) is 26.1 Å². The molecule has 0 radical (unpaired) electrons. The average molecular weight is 514 g/mol.